The van der Waals surface area contributed by atoms with Crippen molar-refractivity contribution in [3.63, 3.8) is 0 Å². The highest BCUT2D eigenvalue weighted by Crippen LogP contribution is 2.30. The fraction of sp³-hybridized carbons (Fsp3) is 0.368. The first-order chi connectivity index (χ1) is 12.1. The van der Waals surface area contributed by atoms with E-state index in [-0.39, 0.29) is 18.1 Å². The minimum atomic E-state index is -0.293. The Morgan fingerprint density at radius 2 is 1.84 bits per heavy atom. The highest BCUT2D eigenvalue weighted by molar-refractivity contribution is 5.80. The molecule has 0 spiro atoms. The Hall–Kier alpha value is -2.47. The lowest BCUT2D eigenvalue weighted by atomic mass is 10.0. The molecule has 1 amide bonds. The van der Waals surface area contributed by atoms with E-state index >= 15 is 0 Å². The topological polar surface area (TPSA) is 68.5 Å². The van der Waals surface area contributed by atoms with Crippen molar-refractivity contribution in [1.82, 2.24) is 9.88 Å². The number of halogens is 1. The Morgan fingerprint density at radius 3 is 2.52 bits per heavy atom. The predicted octanol–water partition coefficient (Wildman–Crippen LogP) is 2.12. The molecule has 2 unspecified atom stereocenters. The van der Waals surface area contributed by atoms with Crippen LogP contribution in [0.15, 0.2) is 36.4 Å². The minimum absolute atomic E-state index is 0.0462. The third-order valence-corrected chi connectivity index (χ3v) is 5.06. The van der Waals surface area contributed by atoms with Crippen molar-refractivity contribution in [2.45, 2.75) is 6.42 Å². The third kappa shape index (κ3) is 3.22. The van der Waals surface area contributed by atoms with Crippen molar-refractivity contribution in [3.05, 3.63) is 47.9 Å². The Balaban J connectivity index is 1.51. The molecule has 4 rings (SSSR count). The number of benzene rings is 1. The predicted molar refractivity (Wildman–Crippen MR) is 92.1 cm³/mol. The number of likely N-dealkylation sites (tertiary alicyclic amines) is 1. The Morgan fingerprint density at radius 1 is 1.16 bits per heavy atom. The van der Waals surface area contributed by atoms with Crippen LogP contribution in [0.5, 0.6) is 0 Å². The van der Waals surface area contributed by atoms with Gasteiger partial charge in [0.25, 0.3) is 0 Å². The smallest absolute Gasteiger partial charge is 0.228 e. The van der Waals surface area contributed by atoms with Gasteiger partial charge in [0.15, 0.2) is 0 Å². The molecule has 1 aromatic heterocycles. The van der Waals surface area contributed by atoms with Gasteiger partial charge in [-0.3, -0.25) is 9.78 Å². The first kappa shape index (κ1) is 16.0. The van der Waals surface area contributed by atoms with E-state index in [0.717, 1.165) is 31.9 Å². The van der Waals surface area contributed by atoms with Gasteiger partial charge in [-0.1, -0.05) is 0 Å². The Bertz CT molecular complexity index is 782. The van der Waals surface area contributed by atoms with Crippen molar-refractivity contribution in [2.24, 2.45) is 11.8 Å². The van der Waals surface area contributed by atoms with Crippen molar-refractivity contribution >= 4 is 11.6 Å². The quantitative estimate of drug-likeness (QED) is 0.928. The zero-order valence-corrected chi connectivity index (χ0v) is 13.8. The largest absolute Gasteiger partial charge is 0.397 e. The normalized spacial score (nSPS) is 22.2. The number of nitrogens with zero attached hydrogens (tertiary/aromatic N) is 2. The number of ether oxygens (including phenoxy) is 1. The number of amides is 1. The SMILES string of the molecule is Nc1ccc(-c2ccc(F)cc2)nc1CC(=O)N1CC2COCC2C1. The van der Waals surface area contributed by atoms with E-state index in [4.69, 9.17) is 10.5 Å². The summed E-state index contributed by atoms with van der Waals surface area (Å²) in [5, 5.41) is 0. The highest BCUT2D eigenvalue weighted by atomic mass is 19.1. The summed E-state index contributed by atoms with van der Waals surface area (Å²) in [6.45, 7) is 2.99. The number of anilines is 1. The molecule has 3 heterocycles. The van der Waals surface area contributed by atoms with E-state index in [2.05, 4.69) is 4.98 Å². The molecule has 2 N–H and O–H groups in total. The first-order valence-corrected chi connectivity index (χ1v) is 8.47. The lowest BCUT2D eigenvalue weighted by Crippen LogP contribution is -2.32. The van der Waals surface area contributed by atoms with Crippen LogP contribution in [0.1, 0.15) is 5.69 Å². The standard InChI is InChI=1S/C19H20FN3O2/c20-15-3-1-12(2-4-15)17-6-5-16(21)18(22-17)7-19(24)23-8-13-10-25-11-14(13)9-23/h1-6,13-14H,7-11,21H2. The summed E-state index contributed by atoms with van der Waals surface area (Å²) in [7, 11) is 0. The molecule has 2 aliphatic heterocycles. The summed E-state index contributed by atoms with van der Waals surface area (Å²) in [6, 6.07) is 9.66. The average molecular weight is 341 g/mol. The number of rotatable bonds is 3. The summed E-state index contributed by atoms with van der Waals surface area (Å²) in [5.74, 6) is 0.669. The van der Waals surface area contributed by atoms with Crippen LogP contribution in [0.4, 0.5) is 10.1 Å². The molecule has 0 radical (unpaired) electrons. The lowest BCUT2D eigenvalue weighted by Gasteiger charge is -2.18. The second kappa shape index (κ2) is 6.44. The van der Waals surface area contributed by atoms with Crippen molar-refractivity contribution in [1.29, 1.82) is 0 Å². The molecular formula is C19H20FN3O2. The van der Waals surface area contributed by atoms with E-state index in [1.165, 1.54) is 12.1 Å². The molecule has 0 saturated carbocycles. The number of fused-ring (bicyclic) bond motifs is 1. The molecule has 6 heteroatoms. The molecule has 2 atom stereocenters. The van der Waals surface area contributed by atoms with Gasteiger partial charge in [0.2, 0.25) is 5.91 Å². The van der Waals surface area contributed by atoms with Crippen LogP contribution >= 0.6 is 0 Å². The molecule has 0 aliphatic carbocycles. The highest BCUT2D eigenvalue weighted by Gasteiger charge is 2.38. The first-order valence-electron chi connectivity index (χ1n) is 8.47. The van der Waals surface area contributed by atoms with Crippen molar-refractivity contribution < 1.29 is 13.9 Å². The summed E-state index contributed by atoms with van der Waals surface area (Å²) in [6.07, 6.45) is 0.182. The van der Waals surface area contributed by atoms with Gasteiger partial charge in [-0.05, 0) is 36.4 Å². The monoisotopic (exact) mass is 341 g/mol. The summed E-state index contributed by atoms with van der Waals surface area (Å²) in [5.41, 5.74) is 8.57. The van der Waals surface area contributed by atoms with Gasteiger partial charge in [-0.2, -0.15) is 0 Å². The molecule has 0 bridgehead atoms. The maximum atomic E-state index is 13.1. The molecule has 1 aromatic carbocycles. The Labute approximate surface area is 145 Å². The van der Waals surface area contributed by atoms with Gasteiger partial charge < -0.3 is 15.4 Å². The Kier molecular flexibility index (Phi) is 4.13. The number of pyridine rings is 1. The number of hydrogen-bond donors (Lipinski definition) is 1. The summed E-state index contributed by atoms with van der Waals surface area (Å²) >= 11 is 0. The maximum absolute atomic E-state index is 13.1. The molecule has 2 saturated heterocycles. The van der Waals surface area contributed by atoms with Gasteiger partial charge in [-0.15, -0.1) is 0 Å². The van der Waals surface area contributed by atoms with Crippen molar-refractivity contribution in [3.8, 4) is 11.3 Å². The van der Waals surface area contributed by atoms with E-state index < -0.39 is 0 Å². The zero-order valence-electron chi connectivity index (χ0n) is 13.8. The van der Waals surface area contributed by atoms with E-state index in [1.807, 2.05) is 4.90 Å². The van der Waals surface area contributed by atoms with Gasteiger partial charge in [-0.25, -0.2) is 4.39 Å². The fourth-order valence-corrected chi connectivity index (χ4v) is 3.58. The third-order valence-electron chi connectivity index (χ3n) is 5.06. The van der Waals surface area contributed by atoms with Crippen LogP contribution < -0.4 is 5.73 Å². The van der Waals surface area contributed by atoms with Crippen LogP contribution in [0.25, 0.3) is 11.3 Å². The second-order valence-corrected chi connectivity index (χ2v) is 6.77. The van der Waals surface area contributed by atoms with Crippen molar-refractivity contribution in [2.75, 3.05) is 32.0 Å². The van der Waals surface area contributed by atoms with Gasteiger partial charge in [0.1, 0.15) is 5.82 Å². The number of nitrogen functional groups attached to an aromatic ring is 1. The summed E-state index contributed by atoms with van der Waals surface area (Å²) in [4.78, 5) is 19.1. The molecule has 2 fully saturated rings. The average Bonchev–Trinajstić information content (AvgIpc) is 3.19. The van der Waals surface area contributed by atoms with Crippen LogP contribution in [0.3, 0.4) is 0 Å². The molecular weight excluding hydrogens is 321 g/mol. The lowest BCUT2D eigenvalue weighted by molar-refractivity contribution is -0.130. The molecule has 2 aromatic rings. The summed E-state index contributed by atoms with van der Waals surface area (Å²) < 4.78 is 18.5. The van der Waals surface area contributed by atoms with Crippen LogP contribution in [0.2, 0.25) is 0 Å². The number of carbonyl (C=O) groups excluding carboxylic acids is 1. The molecule has 5 nitrogen and oxygen atoms in total. The van der Waals surface area contributed by atoms with Gasteiger partial charge in [0, 0.05) is 30.5 Å². The second-order valence-electron chi connectivity index (χ2n) is 6.77. The van der Waals surface area contributed by atoms with Gasteiger partial charge in [0.05, 0.1) is 36.7 Å². The number of hydrogen-bond acceptors (Lipinski definition) is 4. The molecule has 130 valence electrons. The van der Waals surface area contributed by atoms with Crippen LogP contribution in [-0.4, -0.2) is 42.1 Å². The maximum Gasteiger partial charge on any atom is 0.228 e. The number of aromatic nitrogens is 1. The van der Waals surface area contributed by atoms with Crippen LogP contribution in [-0.2, 0) is 16.0 Å². The number of nitrogens with two attached hydrogens (primary N) is 1. The van der Waals surface area contributed by atoms with E-state index in [0.29, 0.717) is 28.9 Å². The fourth-order valence-electron chi connectivity index (χ4n) is 3.58. The number of carbonyl (C=O) groups is 1. The van der Waals surface area contributed by atoms with Gasteiger partial charge >= 0.3 is 0 Å². The van der Waals surface area contributed by atoms with Crippen LogP contribution in [0, 0.1) is 17.7 Å². The molecule has 25 heavy (non-hydrogen) atoms. The van der Waals surface area contributed by atoms with E-state index in [1.54, 1.807) is 24.3 Å². The van der Waals surface area contributed by atoms with E-state index in [9.17, 15) is 9.18 Å². The minimum Gasteiger partial charge on any atom is -0.397 e. The zero-order chi connectivity index (χ0) is 17.4. The molecule has 2 aliphatic rings.